The number of alkyl halides is 4. The van der Waals surface area contributed by atoms with Crippen molar-refractivity contribution in [3.05, 3.63) is 99.3 Å². The number of carbonyl (C=O) groups is 1. The first-order valence-electron chi connectivity index (χ1n) is 17.6. The highest BCUT2D eigenvalue weighted by atomic mass is 35.5. The maximum Gasteiger partial charge on any atom is 0.296 e. The zero-order chi connectivity index (χ0) is 40.3. The molecule has 12 nitrogen and oxygen atoms in total. The van der Waals surface area contributed by atoms with E-state index in [4.69, 9.17) is 21.0 Å². The number of hydrogen-bond donors (Lipinski definition) is 2. The molecule has 296 valence electrons. The Morgan fingerprint density at radius 2 is 1.77 bits per heavy atom. The predicted molar refractivity (Wildman–Crippen MR) is 194 cm³/mol. The number of aromatic nitrogens is 6. The van der Waals surface area contributed by atoms with Gasteiger partial charge in [-0.15, -0.1) is 0 Å². The number of sulfonamides is 1. The first kappa shape index (κ1) is 37.2. The third-order valence-electron chi connectivity index (χ3n) is 10.4. The van der Waals surface area contributed by atoms with Gasteiger partial charge in [-0.2, -0.15) is 19.0 Å². The Balaban J connectivity index is 1.20. The van der Waals surface area contributed by atoms with Crippen LogP contribution in [0.5, 0.6) is 0 Å². The van der Waals surface area contributed by atoms with Crippen LogP contribution in [0.15, 0.2) is 53.0 Å². The smallest absolute Gasteiger partial charge is 0.296 e. The lowest BCUT2D eigenvalue weighted by Crippen LogP contribution is -2.35. The highest BCUT2D eigenvalue weighted by Crippen LogP contribution is 2.60. The van der Waals surface area contributed by atoms with Crippen LogP contribution < -0.4 is 10.0 Å². The van der Waals surface area contributed by atoms with Crippen molar-refractivity contribution in [1.29, 1.82) is 0 Å². The third kappa shape index (κ3) is 6.40. The minimum atomic E-state index is -3.82. The molecule has 3 aliphatic rings. The molecule has 0 bridgehead atoms. The molecule has 57 heavy (non-hydrogen) atoms. The molecule has 3 aliphatic carbocycles. The Kier molecular flexibility index (Phi) is 8.51. The monoisotopic (exact) mass is 830 g/mol. The number of oxazole rings is 1. The first-order chi connectivity index (χ1) is 27.0. The van der Waals surface area contributed by atoms with Crippen molar-refractivity contribution >= 4 is 55.5 Å². The quantitative estimate of drug-likeness (QED) is 0.100. The molecule has 6 aromatic rings. The van der Waals surface area contributed by atoms with Crippen LogP contribution in [0.2, 0.25) is 5.02 Å². The van der Waals surface area contributed by atoms with Crippen molar-refractivity contribution in [2.45, 2.75) is 56.0 Å². The van der Waals surface area contributed by atoms with Crippen LogP contribution in [-0.2, 0) is 40.8 Å². The summed E-state index contributed by atoms with van der Waals surface area (Å²) in [5.74, 6) is -8.33. The number of aryl methyl sites for hydroxylation is 1. The summed E-state index contributed by atoms with van der Waals surface area (Å²) in [6, 6.07) is 6.18. The Labute approximate surface area is 323 Å². The Morgan fingerprint density at radius 1 is 1.04 bits per heavy atom. The highest BCUT2D eigenvalue weighted by Gasteiger charge is 2.60. The zero-order valence-electron chi connectivity index (χ0n) is 29.7. The van der Waals surface area contributed by atoms with Gasteiger partial charge in [0.05, 0.1) is 39.8 Å². The molecule has 9 rings (SSSR count). The van der Waals surface area contributed by atoms with Crippen LogP contribution in [0.1, 0.15) is 71.2 Å². The number of amides is 1. The summed E-state index contributed by atoms with van der Waals surface area (Å²) in [4.78, 5) is 23.4. The van der Waals surface area contributed by atoms with Crippen LogP contribution in [0, 0.1) is 17.6 Å². The van der Waals surface area contributed by atoms with Gasteiger partial charge in [0.15, 0.2) is 5.82 Å². The summed E-state index contributed by atoms with van der Waals surface area (Å²) in [6.07, 6.45) is 1.73. The molecule has 1 amide bonds. The van der Waals surface area contributed by atoms with Crippen LogP contribution in [-0.4, -0.2) is 50.1 Å². The van der Waals surface area contributed by atoms with Gasteiger partial charge in [0.25, 0.3) is 12.3 Å². The fourth-order valence-electron chi connectivity index (χ4n) is 7.84. The van der Waals surface area contributed by atoms with E-state index >= 15 is 8.78 Å². The molecule has 2 N–H and O–H groups in total. The number of anilines is 1. The van der Waals surface area contributed by atoms with Gasteiger partial charge in [0.1, 0.15) is 35.1 Å². The summed E-state index contributed by atoms with van der Waals surface area (Å²) in [7, 11) is -2.28. The Morgan fingerprint density at radius 3 is 2.42 bits per heavy atom. The fourth-order valence-corrected chi connectivity index (χ4v) is 8.58. The molecule has 0 aliphatic heterocycles. The molecule has 20 heteroatoms. The molecule has 1 fully saturated rings. The Bertz CT molecular complexity index is 2800. The van der Waals surface area contributed by atoms with Gasteiger partial charge in [-0.1, -0.05) is 29.8 Å². The van der Waals surface area contributed by atoms with Crippen molar-refractivity contribution in [1.82, 2.24) is 34.8 Å². The number of hydrogen-bond acceptors (Lipinski definition) is 8. The van der Waals surface area contributed by atoms with E-state index < -0.39 is 75.7 Å². The van der Waals surface area contributed by atoms with E-state index in [9.17, 15) is 30.8 Å². The lowest BCUT2D eigenvalue weighted by molar-refractivity contribution is -0.123. The van der Waals surface area contributed by atoms with E-state index in [0.717, 1.165) is 31.2 Å². The normalized spacial score (nSPS) is 18.9. The minimum absolute atomic E-state index is 0.0540. The van der Waals surface area contributed by atoms with Crippen molar-refractivity contribution in [3.8, 4) is 11.1 Å². The number of nitrogens with zero attached hydrogens (tertiary/aromatic N) is 6. The maximum atomic E-state index is 15.6. The molecule has 4 aromatic heterocycles. The van der Waals surface area contributed by atoms with E-state index in [2.05, 4.69) is 25.2 Å². The summed E-state index contributed by atoms with van der Waals surface area (Å²) < 4.78 is 124. The maximum absolute atomic E-state index is 15.6. The van der Waals surface area contributed by atoms with Crippen molar-refractivity contribution in [2.75, 3.05) is 11.0 Å². The molecular weight excluding hydrogens is 802 g/mol. The van der Waals surface area contributed by atoms with Gasteiger partial charge >= 0.3 is 0 Å². The molecule has 0 unspecified atom stereocenters. The molecule has 0 saturated heterocycles. The predicted octanol–water partition coefficient (Wildman–Crippen LogP) is 7.57. The van der Waals surface area contributed by atoms with Crippen LogP contribution >= 0.6 is 11.6 Å². The zero-order valence-corrected chi connectivity index (χ0v) is 31.3. The van der Waals surface area contributed by atoms with Gasteiger partial charge in [0.2, 0.25) is 27.5 Å². The standard InChI is InChI=1S/C37H29ClF6N8O4S/c1-51-31-19(6-8-23(38)28(31)34(49-51)50-57(2,54)55)21-13-25-36(56-35(46-25)16-3-4-16)47-29(21)24(11-15-9-17(39)12-18(40)10-15)45-26(53)14-52-32-27(30(48-52)33(41)42)20-5-7-22(20)37(32,43)44/h5-10,12-13,16,20,22,24,33H,3-4,11,14H2,1-2H3,(H,45,53)(H,49,50)/t20-,22+,24-/m0/s1. The largest absolute Gasteiger partial charge is 0.422 e. The first-order valence-corrected chi connectivity index (χ1v) is 19.9. The summed E-state index contributed by atoms with van der Waals surface area (Å²) in [5, 5.41) is 11.2. The van der Waals surface area contributed by atoms with Crippen molar-refractivity contribution < 1.29 is 44.0 Å². The summed E-state index contributed by atoms with van der Waals surface area (Å²) in [6.45, 7) is -0.919. The summed E-state index contributed by atoms with van der Waals surface area (Å²) >= 11 is 6.62. The number of nitrogens with one attached hydrogen (secondary N) is 2. The van der Waals surface area contributed by atoms with E-state index in [0.29, 0.717) is 33.2 Å². The second-order valence-electron chi connectivity index (χ2n) is 14.5. The second kappa shape index (κ2) is 13.1. The molecule has 0 spiro atoms. The molecule has 2 aromatic carbocycles. The molecule has 3 atom stereocenters. The van der Waals surface area contributed by atoms with Crippen molar-refractivity contribution in [3.63, 3.8) is 0 Å². The minimum Gasteiger partial charge on any atom is -0.422 e. The van der Waals surface area contributed by atoms with Crippen LogP contribution in [0.3, 0.4) is 0 Å². The Hall–Kier alpha value is -5.43. The fraction of sp³-hybridized carbons (Fsp3) is 0.324. The van der Waals surface area contributed by atoms with Gasteiger partial charge < -0.3 is 9.73 Å². The molecule has 1 saturated carbocycles. The number of pyridine rings is 1. The number of fused-ring (bicyclic) bond motifs is 5. The van der Waals surface area contributed by atoms with Crippen LogP contribution in [0.4, 0.5) is 32.2 Å². The summed E-state index contributed by atoms with van der Waals surface area (Å²) in [5.41, 5.74) is -0.481. The highest BCUT2D eigenvalue weighted by molar-refractivity contribution is 7.92. The van der Waals surface area contributed by atoms with E-state index in [1.807, 2.05) is 0 Å². The number of carbonyl (C=O) groups excluding carboxylic acids is 1. The topological polar surface area (TPSA) is 150 Å². The number of benzene rings is 2. The number of allylic oxidation sites excluding steroid dienone is 2. The lowest BCUT2D eigenvalue weighted by Gasteiger charge is -2.27. The lowest BCUT2D eigenvalue weighted by atomic mass is 9.81. The molecule has 4 heterocycles. The molecule has 0 radical (unpaired) electrons. The number of halogens is 7. The van der Waals surface area contributed by atoms with Gasteiger partial charge in [0, 0.05) is 41.6 Å². The van der Waals surface area contributed by atoms with Gasteiger partial charge in [-0.05, 0) is 49.1 Å². The second-order valence-corrected chi connectivity index (χ2v) is 16.7. The van der Waals surface area contributed by atoms with E-state index in [1.54, 1.807) is 19.2 Å². The van der Waals surface area contributed by atoms with Gasteiger partial charge in [-0.25, -0.2) is 35.9 Å². The average Bonchev–Trinajstić information content (AvgIpc) is 3.57. The van der Waals surface area contributed by atoms with E-state index in [-0.39, 0.29) is 56.7 Å². The van der Waals surface area contributed by atoms with E-state index in [1.165, 1.54) is 22.9 Å². The SMILES string of the molecule is Cn1nc(NS(C)(=O)=O)c2c(Cl)ccc(-c3cc4nc(C5CC5)oc4nc3[C@H](Cc3cc(F)cc(F)c3)NC(=O)Cn3nc(C(F)F)c4c3C(F)(F)[C@@H]3C=C[C@H]43)c21. The van der Waals surface area contributed by atoms with Crippen LogP contribution in [0.25, 0.3) is 33.3 Å². The average molecular weight is 831 g/mol. The third-order valence-corrected chi connectivity index (χ3v) is 11.3. The molecular formula is C37H29ClF6N8O4S. The van der Waals surface area contributed by atoms with Gasteiger partial charge in [-0.3, -0.25) is 18.9 Å². The number of rotatable bonds is 11. The van der Waals surface area contributed by atoms with Crippen molar-refractivity contribution in [2.24, 2.45) is 13.0 Å².